The Morgan fingerprint density at radius 3 is 2.22 bits per heavy atom. The summed E-state index contributed by atoms with van der Waals surface area (Å²) in [6.45, 7) is 7.01. The van der Waals surface area contributed by atoms with Gasteiger partial charge in [-0.1, -0.05) is 0 Å². The lowest BCUT2D eigenvalue weighted by Crippen LogP contribution is -2.25. The SMILES string of the molecule is C[Si](C)(C)OCCC[O]. The Labute approximate surface area is 58.0 Å². The normalized spacial score (nSPS) is 12.0. The van der Waals surface area contributed by atoms with Gasteiger partial charge in [-0.2, -0.15) is 0 Å². The molecule has 0 aliphatic rings. The van der Waals surface area contributed by atoms with Crippen LogP contribution in [-0.2, 0) is 9.53 Å². The summed E-state index contributed by atoms with van der Waals surface area (Å²) in [7, 11) is -1.33. The van der Waals surface area contributed by atoms with Crippen molar-refractivity contribution in [2.45, 2.75) is 26.1 Å². The van der Waals surface area contributed by atoms with E-state index < -0.39 is 8.32 Å². The minimum atomic E-state index is -1.33. The lowest BCUT2D eigenvalue weighted by Gasteiger charge is -2.15. The highest BCUT2D eigenvalue weighted by atomic mass is 28.4. The molecule has 9 heavy (non-hydrogen) atoms. The van der Waals surface area contributed by atoms with Crippen LogP contribution in [0.5, 0.6) is 0 Å². The fourth-order valence-corrected chi connectivity index (χ4v) is 1.19. The molecule has 0 atom stereocenters. The monoisotopic (exact) mass is 147 g/mol. The van der Waals surface area contributed by atoms with E-state index in [0.29, 0.717) is 13.0 Å². The zero-order chi connectivity index (χ0) is 7.33. The molecule has 0 aromatic carbocycles. The minimum absolute atomic E-state index is 0.00944. The molecule has 0 aliphatic heterocycles. The lowest BCUT2D eigenvalue weighted by molar-refractivity contribution is 0.164. The summed E-state index contributed by atoms with van der Waals surface area (Å²) in [6.07, 6.45) is 0.657. The van der Waals surface area contributed by atoms with E-state index in [1.807, 2.05) is 0 Å². The van der Waals surface area contributed by atoms with Gasteiger partial charge in [0.05, 0.1) is 6.61 Å². The maximum absolute atomic E-state index is 9.95. The smallest absolute Gasteiger partial charge is 0.183 e. The van der Waals surface area contributed by atoms with Crippen LogP contribution in [-0.4, -0.2) is 21.5 Å². The van der Waals surface area contributed by atoms with Gasteiger partial charge in [0.2, 0.25) is 0 Å². The van der Waals surface area contributed by atoms with E-state index in [1.165, 1.54) is 0 Å². The second-order valence-corrected chi connectivity index (χ2v) is 7.53. The van der Waals surface area contributed by atoms with Gasteiger partial charge in [-0.3, -0.25) is 0 Å². The Morgan fingerprint density at radius 2 is 1.89 bits per heavy atom. The van der Waals surface area contributed by atoms with Gasteiger partial charge >= 0.3 is 0 Å². The van der Waals surface area contributed by atoms with E-state index in [9.17, 15) is 5.11 Å². The van der Waals surface area contributed by atoms with Gasteiger partial charge in [0.1, 0.15) is 0 Å². The van der Waals surface area contributed by atoms with Crippen molar-refractivity contribution in [3.63, 3.8) is 0 Å². The topological polar surface area (TPSA) is 29.1 Å². The fraction of sp³-hybridized carbons (Fsp3) is 1.00. The molecule has 0 aromatic heterocycles. The average Bonchev–Trinajstić information content (AvgIpc) is 1.63. The van der Waals surface area contributed by atoms with Gasteiger partial charge in [0.25, 0.3) is 0 Å². The molecule has 0 N–H and O–H groups in total. The summed E-state index contributed by atoms with van der Waals surface area (Å²) in [5.74, 6) is 0. The first-order chi connectivity index (χ1) is 4.06. The van der Waals surface area contributed by atoms with Gasteiger partial charge in [-0.15, -0.1) is 0 Å². The van der Waals surface area contributed by atoms with E-state index in [0.717, 1.165) is 0 Å². The van der Waals surface area contributed by atoms with Crippen LogP contribution in [0.1, 0.15) is 6.42 Å². The van der Waals surface area contributed by atoms with Crippen LogP contribution >= 0.6 is 0 Å². The Bertz CT molecular complexity index is 67.9. The van der Waals surface area contributed by atoms with E-state index in [4.69, 9.17) is 4.43 Å². The Kier molecular flexibility index (Phi) is 4.09. The molecule has 0 amide bonds. The molecule has 0 fully saturated rings. The molecule has 0 saturated carbocycles. The second-order valence-electron chi connectivity index (χ2n) is 3.02. The van der Waals surface area contributed by atoms with Crippen molar-refractivity contribution in [3.8, 4) is 0 Å². The number of rotatable bonds is 4. The standard InChI is InChI=1S/C6H15O2Si/c1-9(2,3)8-6-4-5-7/h4-6H2,1-3H3. The third-order valence-corrected chi connectivity index (χ3v) is 1.89. The first kappa shape index (κ1) is 9.14. The zero-order valence-electron chi connectivity index (χ0n) is 6.44. The molecule has 0 unspecified atom stereocenters. The molecule has 0 aliphatic carbocycles. The number of hydrogen-bond donors (Lipinski definition) is 0. The van der Waals surface area contributed by atoms with Gasteiger partial charge < -0.3 is 4.43 Å². The van der Waals surface area contributed by atoms with Crippen molar-refractivity contribution < 1.29 is 9.53 Å². The molecule has 2 nitrogen and oxygen atoms in total. The van der Waals surface area contributed by atoms with Crippen molar-refractivity contribution in [2.75, 3.05) is 13.2 Å². The Hall–Kier alpha value is 0.137. The van der Waals surface area contributed by atoms with Crippen LogP contribution in [0, 0.1) is 0 Å². The van der Waals surface area contributed by atoms with Gasteiger partial charge in [-0.25, -0.2) is 5.11 Å². The van der Waals surface area contributed by atoms with Gasteiger partial charge in [0, 0.05) is 6.61 Å². The van der Waals surface area contributed by atoms with Crippen LogP contribution in [0.15, 0.2) is 0 Å². The first-order valence-corrected chi connectivity index (χ1v) is 6.69. The fourth-order valence-electron chi connectivity index (χ4n) is 0.437. The molecule has 0 spiro atoms. The second kappa shape index (κ2) is 4.03. The molecule has 0 bridgehead atoms. The van der Waals surface area contributed by atoms with Crippen LogP contribution in [0.4, 0.5) is 0 Å². The number of hydrogen-bond acceptors (Lipinski definition) is 1. The largest absolute Gasteiger partial charge is 0.418 e. The van der Waals surface area contributed by atoms with E-state index in [2.05, 4.69) is 19.6 Å². The molecular formula is C6H15O2Si. The quantitative estimate of drug-likeness (QED) is 0.439. The van der Waals surface area contributed by atoms with Crippen molar-refractivity contribution in [2.24, 2.45) is 0 Å². The molecule has 0 saturated heterocycles. The van der Waals surface area contributed by atoms with Crippen LogP contribution in [0.2, 0.25) is 19.6 Å². The molecule has 0 aromatic rings. The Balaban J connectivity index is 3.07. The van der Waals surface area contributed by atoms with Crippen molar-refractivity contribution in [3.05, 3.63) is 0 Å². The Morgan fingerprint density at radius 1 is 1.33 bits per heavy atom. The highest BCUT2D eigenvalue weighted by Crippen LogP contribution is 2.02. The molecule has 0 rings (SSSR count). The third-order valence-electron chi connectivity index (χ3n) is 0.824. The summed E-state index contributed by atoms with van der Waals surface area (Å²) in [5.41, 5.74) is 0. The predicted molar refractivity (Wildman–Crippen MR) is 39.5 cm³/mol. The predicted octanol–water partition coefficient (Wildman–Crippen LogP) is 1.66. The lowest BCUT2D eigenvalue weighted by atomic mass is 10.5. The highest BCUT2D eigenvalue weighted by Gasteiger charge is 2.12. The molecule has 0 heterocycles. The molecule has 55 valence electrons. The first-order valence-electron chi connectivity index (χ1n) is 3.28. The maximum atomic E-state index is 9.95. The molecular weight excluding hydrogens is 132 g/mol. The highest BCUT2D eigenvalue weighted by molar-refractivity contribution is 6.69. The average molecular weight is 147 g/mol. The van der Waals surface area contributed by atoms with Crippen LogP contribution < -0.4 is 0 Å². The van der Waals surface area contributed by atoms with Crippen molar-refractivity contribution in [1.29, 1.82) is 0 Å². The molecule has 3 heteroatoms. The summed E-state index contributed by atoms with van der Waals surface area (Å²) < 4.78 is 5.41. The summed E-state index contributed by atoms with van der Waals surface area (Å²) in [6, 6.07) is 0. The summed E-state index contributed by atoms with van der Waals surface area (Å²) in [5, 5.41) is 9.95. The summed E-state index contributed by atoms with van der Waals surface area (Å²) >= 11 is 0. The molecule has 1 radical (unpaired) electrons. The van der Waals surface area contributed by atoms with Crippen LogP contribution in [0.25, 0.3) is 0 Å². The maximum Gasteiger partial charge on any atom is 0.183 e. The zero-order valence-corrected chi connectivity index (χ0v) is 7.44. The third kappa shape index (κ3) is 8.14. The van der Waals surface area contributed by atoms with Crippen LogP contribution in [0.3, 0.4) is 0 Å². The van der Waals surface area contributed by atoms with E-state index in [1.54, 1.807) is 0 Å². The summed E-state index contributed by atoms with van der Waals surface area (Å²) in [4.78, 5) is 0. The minimum Gasteiger partial charge on any atom is -0.418 e. The van der Waals surface area contributed by atoms with Crippen molar-refractivity contribution in [1.82, 2.24) is 0 Å². The van der Waals surface area contributed by atoms with Gasteiger partial charge in [0.15, 0.2) is 8.32 Å². The van der Waals surface area contributed by atoms with Crippen molar-refractivity contribution >= 4 is 8.32 Å². The van der Waals surface area contributed by atoms with Gasteiger partial charge in [-0.05, 0) is 26.1 Å². The van der Waals surface area contributed by atoms with E-state index >= 15 is 0 Å². The van der Waals surface area contributed by atoms with E-state index in [-0.39, 0.29) is 6.61 Å².